The van der Waals surface area contributed by atoms with Crippen molar-refractivity contribution in [2.45, 2.75) is 26.4 Å². The summed E-state index contributed by atoms with van der Waals surface area (Å²) in [5.74, 6) is 0.582. The van der Waals surface area contributed by atoms with Gasteiger partial charge in [-0.15, -0.1) is 10.2 Å². The number of rotatable bonds is 5. The van der Waals surface area contributed by atoms with Gasteiger partial charge in [-0.2, -0.15) is 4.80 Å². The fraction of sp³-hybridized carbons (Fsp3) is 0.364. The van der Waals surface area contributed by atoms with Gasteiger partial charge >= 0.3 is 0 Å². The number of aryl methyl sites for hydroxylation is 1. The third kappa shape index (κ3) is 4.86. The number of carbonyl (C=O) groups is 1. The van der Waals surface area contributed by atoms with Crippen LogP contribution in [-0.4, -0.2) is 62.1 Å². The minimum absolute atomic E-state index is 0.0414. The van der Waals surface area contributed by atoms with E-state index in [-0.39, 0.29) is 12.5 Å². The Kier molecular flexibility index (Phi) is 5.95. The number of hydrogen-bond acceptors (Lipinski definition) is 5. The van der Waals surface area contributed by atoms with E-state index in [0.29, 0.717) is 5.82 Å². The lowest BCUT2D eigenvalue weighted by Crippen LogP contribution is -2.37. The van der Waals surface area contributed by atoms with Crippen LogP contribution in [0.15, 0.2) is 54.6 Å². The van der Waals surface area contributed by atoms with Crippen molar-refractivity contribution in [2.75, 3.05) is 26.2 Å². The summed E-state index contributed by atoms with van der Waals surface area (Å²) in [6.45, 7) is 6.57. The molecule has 1 aliphatic heterocycles. The first kappa shape index (κ1) is 19.3. The first-order valence-electron chi connectivity index (χ1n) is 10.1. The van der Waals surface area contributed by atoms with Gasteiger partial charge in [-0.25, -0.2) is 0 Å². The van der Waals surface area contributed by atoms with Crippen LogP contribution < -0.4 is 0 Å². The topological polar surface area (TPSA) is 67.2 Å². The van der Waals surface area contributed by atoms with Crippen LogP contribution in [0.25, 0.3) is 11.4 Å². The number of aromatic nitrogens is 4. The molecule has 0 spiro atoms. The molecule has 1 aromatic heterocycles. The highest BCUT2D eigenvalue weighted by molar-refractivity contribution is 5.75. The lowest BCUT2D eigenvalue weighted by molar-refractivity contribution is -0.132. The molecule has 2 aromatic carbocycles. The van der Waals surface area contributed by atoms with E-state index >= 15 is 0 Å². The van der Waals surface area contributed by atoms with Gasteiger partial charge in [-0.1, -0.05) is 54.6 Å². The van der Waals surface area contributed by atoms with Crippen LogP contribution in [0.1, 0.15) is 17.5 Å². The summed E-state index contributed by atoms with van der Waals surface area (Å²) in [6, 6.07) is 18.2. The van der Waals surface area contributed by atoms with Crippen LogP contribution in [0, 0.1) is 6.92 Å². The van der Waals surface area contributed by atoms with Gasteiger partial charge in [0.15, 0.2) is 0 Å². The molecule has 150 valence electrons. The van der Waals surface area contributed by atoms with Crippen molar-refractivity contribution in [3.05, 3.63) is 65.7 Å². The molecule has 2 heterocycles. The molecule has 0 saturated carbocycles. The van der Waals surface area contributed by atoms with E-state index < -0.39 is 0 Å². The highest BCUT2D eigenvalue weighted by Gasteiger charge is 2.20. The zero-order chi connectivity index (χ0) is 20.1. The Hall–Kier alpha value is -3.06. The molecule has 29 heavy (non-hydrogen) atoms. The minimum atomic E-state index is 0.0414. The predicted octanol–water partition coefficient (Wildman–Crippen LogP) is 2.38. The zero-order valence-electron chi connectivity index (χ0n) is 16.7. The van der Waals surface area contributed by atoms with Crippen LogP contribution in [0.5, 0.6) is 0 Å². The summed E-state index contributed by atoms with van der Waals surface area (Å²) in [7, 11) is 0. The largest absolute Gasteiger partial charge is 0.340 e. The molecule has 0 unspecified atom stereocenters. The first-order valence-corrected chi connectivity index (χ1v) is 10.1. The van der Waals surface area contributed by atoms with Gasteiger partial charge in [0.2, 0.25) is 11.7 Å². The van der Waals surface area contributed by atoms with Crippen molar-refractivity contribution in [3.63, 3.8) is 0 Å². The molecule has 3 aromatic rings. The Balaban J connectivity index is 1.33. The standard InChI is InChI=1S/C22H26N6O/c1-18-8-5-6-11-20(18)16-26-12-7-13-27(15-14-26)21(29)17-28-24-22(23-25-28)19-9-3-2-4-10-19/h2-6,8-11H,7,12-17H2,1H3. The number of amides is 1. The second kappa shape index (κ2) is 8.96. The van der Waals surface area contributed by atoms with Gasteiger partial charge < -0.3 is 4.90 Å². The highest BCUT2D eigenvalue weighted by atomic mass is 16.2. The lowest BCUT2D eigenvalue weighted by atomic mass is 10.1. The summed E-state index contributed by atoms with van der Waals surface area (Å²) < 4.78 is 0. The molecular weight excluding hydrogens is 364 g/mol. The number of tetrazole rings is 1. The van der Waals surface area contributed by atoms with Crippen LogP contribution in [0.3, 0.4) is 0 Å². The third-order valence-electron chi connectivity index (χ3n) is 5.36. The second-order valence-corrected chi connectivity index (χ2v) is 7.45. The van der Waals surface area contributed by atoms with Gasteiger partial charge in [0.05, 0.1) is 0 Å². The SMILES string of the molecule is Cc1ccccc1CN1CCCN(C(=O)Cn2nnc(-c3ccccc3)n2)CC1. The normalized spacial score (nSPS) is 15.3. The van der Waals surface area contributed by atoms with E-state index in [0.717, 1.165) is 44.7 Å². The van der Waals surface area contributed by atoms with Crippen molar-refractivity contribution >= 4 is 5.91 Å². The molecule has 7 nitrogen and oxygen atoms in total. The van der Waals surface area contributed by atoms with Crippen molar-refractivity contribution in [1.29, 1.82) is 0 Å². The predicted molar refractivity (Wildman–Crippen MR) is 111 cm³/mol. The Morgan fingerprint density at radius 3 is 2.59 bits per heavy atom. The maximum absolute atomic E-state index is 12.8. The molecular formula is C22H26N6O. The van der Waals surface area contributed by atoms with Gasteiger partial charge in [0.1, 0.15) is 6.54 Å². The average Bonchev–Trinajstić information content (AvgIpc) is 3.08. The van der Waals surface area contributed by atoms with Gasteiger partial charge in [0.25, 0.3) is 0 Å². The molecule has 4 rings (SSSR count). The maximum Gasteiger partial charge on any atom is 0.246 e. The van der Waals surface area contributed by atoms with Gasteiger partial charge in [-0.05, 0) is 29.7 Å². The summed E-state index contributed by atoms with van der Waals surface area (Å²) in [4.78, 5) is 18.5. The molecule has 0 N–H and O–H groups in total. The minimum Gasteiger partial charge on any atom is -0.340 e. The van der Waals surface area contributed by atoms with E-state index in [9.17, 15) is 4.79 Å². The van der Waals surface area contributed by atoms with Gasteiger partial charge in [0, 0.05) is 38.3 Å². The van der Waals surface area contributed by atoms with Crippen LogP contribution >= 0.6 is 0 Å². The molecule has 0 bridgehead atoms. The fourth-order valence-electron chi connectivity index (χ4n) is 3.64. The second-order valence-electron chi connectivity index (χ2n) is 7.45. The molecule has 7 heteroatoms. The lowest BCUT2D eigenvalue weighted by Gasteiger charge is -2.22. The third-order valence-corrected chi connectivity index (χ3v) is 5.36. The monoisotopic (exact) mass is 390 g/mol. The molecule has 1 saturated heterocycles. The highest BCUT2D eigenvalue weighted by Crippen LogP contribution is 2.14. The van der Waals surface area contributed by atoms with Crippen molar-refractivity contribution in [2.24, 2.45) is 0 Å². The number of carbonyl (C=O) groups excluding carboxylic acids is 1. The molecule has 1 amide bonds. The number of benzene rings is 2. The summed E-state index contributed by atoms with van der Waals surface area (Å²) in [5, 5.41) is 12.5. The van der Waals surface area contributed by atoms with Crippen LogP contribution in [0.2, 0.25) is 0 Å². The van der Waals surface area contributed by atoms with E-state index in [1.807, 2.05) is 35.2 Å². The summed E-state index contributed by atoms with van der Waals surface area (Å²) in [5.41, 5.74) is 3.57. The van der Waals surface area contributed by atoms with Crippen LogP contribution in [0.4, 0.5) is 0 Å². The molecule has 1 aliphatic rings. The number of hydrogen-bond donors (Lipinski definition) is 0. The smallest absolute Gasteiger partial charge is 0.246 e. The van der Waals surface area contributed by atoms with E-state index in [1.165, 1.54) is 15.9 Å². The Labute approximate surface area is 170 Å². The average molecular weight is 390 g/mol. The van der Waals surface area contributed by atoms with E-state index in [2.05, 4.69) is 51.5 Å². The van der Waals surface area contributed by atoms with Crippen LogP contribution in [-0.2, 0) is 17.9 Å². The van der Waals surface area contributed by atoms with E-state index in [4.69, 9.17) is 0 Å². The number of nitrogens with zero attached hydrogens (tertiary/aromatic N) is 6. The van der Waals surface area contributed by atoms with E-state index in [1.54, 1.807) is 0 Å². The molecule has 0 radical (unpaired) electrons. The van der Waals surface area contributed by atoms with Crippen molar-refractivity contribution in [3.8, 4) is 11.4 Å². The maximum atomic E-state index is 12.8. The zero-order valence-corrected chi connectivity index (χ0v) is 16.7. The first-order chi connectivity index (χ1) is 14.2. The Bertz CT molecular complexity index is 955. The summed E-state index contributed by atoms with van der Waals surface area (Å²) in [6.07, 6.45) is 0.970. The molecule has 0 atom stereocenters. The Morgan fingerprint density at radius 2 is 1.76 bits per heavy atom. The fourth-order valence-corrected chi connectivity index (χ4v) is 3.64. The van der Waals surface area contributed by atoms with Crippen molar-refractivity contribution in [1.82, 2.24) is 30.0 Å². The molecule has 0 aliphatic carbocycles. The Morgan fingerprint density at radius 1 is 0.966 bits per heavy atom. The van der Waals surface area contributed by atoms with Crippen molar-refractivity contribution < 1.29 is 4.79 Å². The molecule has 1 fully saturated rings. The quantitative estimate of drug-likeness (QED) is 0.669. The van der Waals surface area contributed by atoms with Gasteiger partial charge in [-0.3, -0.25) is 9.69 Å². The summed E-state index contributed by atoms with van der Waals surface area (Å²) >= 11 is 0.